The van der Waals surface area contributed by atoms with Crippen LogP contribution in [0.1, 0.15) is 22.8 Å². The first-order valence-corrected chi connectivity index (χ1v) is 9.00. The van der Waals surface area contributed by atoms with Gasteiger partial charge in [-0.15, -0.1) is 0 Å². The van der Waals surface area contributed by atoms with Crippen LogP contribution in [0.2, 0.25) is 5.02 Å². The summed E-state index contributed by atoms with van der Waals surface area (Å²) in [5.74, 6) is -1.29. The predicted molar refractivity (Wildman–Crippen MR) is 106 cm³/mol. The number of hydrogen-bond donors (Lipinski definition) is 2. The molecule has 0 spiro atoms. The molecule has 0 saturated heterocycles. The highest BCUT2D eigenvalue weighted by Gasteiger charge is 2.14. The van der Waals surface area contributed by atoms with Crippen molar-refractivity contribution in [2.24, 2.45) is 0 Å². The van der Waals surface area contributed by atoms with E-state index in [1.807, 2.05) is 13.8 Å². The number of anilines is 1. The quantitative estimate of drug-likeness (QED) is 0.660. The molecule has 2 aromatic carbocycles. The largest absolute Gasteiger partial charge is 0.493 e. The molecule has 0 radical (unpaired) electrons. The van der Waals surface area contributed by atoms with Crippen LogP contribution >= 0.6 is 11.6 Å². The van der Waals surface area contributed by atoms with Crippen molar-refractivity contribution >= 4 is 35.1 Å². The smallest absolute Gasteiger partial charge is 0.325 e. The lowest BCUT2D eigenvalue weighted by Gasteiger charge is -2.11. The third-order valence-electron chi connectivity index (χ3n) is 3.66. The van der Waals surface area contributed by atoms with Crippen LogP contribution in [0.4, 0.5) is 5.69 Å². The van der Waals surface area contributed by atoms with Crippen LogP contribution in [0.5, 0.6) is 5.75 Å². The number of aryl methyl sites for hydroxylation is 1. The first-order valence-electron chi connectivity index (χ1n) is 8.62. The third-order valence-corrected chi connectivity index (χ3v) is 3.90. The number of ether oxygens (including phenoxy) is 2. The van der Waals surface area contributed by atoms with Crippen molar-refractivity contribution in [2.75, 3.05) is 25.1 Å². The minimum atomic E-state index is -0.736. The number of esters is 1. The number of halogens is 1. The van der Waals surface area contributed by atoms with Gasteiger partial charge in [-0.05, 0) is 43.7 Å². The predicted octanol–water partition coefficient (Wildman–Crippen LogP) is 2.96. The number of amides is 2. The molecule has 0 aromatic heterocycles. The second kappa shape index (κ2) is 10.3. The molecule has 0 atom stereocenters. The van der Waals surface area contributed by atoms with Gasteiger partial charge in [-0.25, -0.2) is 0 Å². The topological polar surface area (TPSA) is 93.7 Å². The van der Waals surface area contributed by atoms with Crippen LogP contribution < -0.4 is 15.4 Å². The molecule has 0 heterocycles. The summed E-state index contributed by atoms with van der Waals surface area (Å²) in [5, 5.41) is 5.54. The Labute approximate surface area is 168 Å². The molecule has 0 aliphatic rings. The molecule has 2 aromatic rings. The van der Waals surface area contributed by atoms with Crippen LogP contribution in [0.15, 0.2) is 42.5 Å². The average molecular weight is 405 g/mol. The van der Waals surface area contributed by atoms with Gasteiger partial charge in [0.05, 0.1) is 12.2 Å². The van der Waals surface area contributed by atoms with Crippen LogP contribution in [-0.2, 0) is 14.3 Å². The zero-order chi connectivity index (χ0) is 20.5. The number of benzene rings is 2. The van der Waals surface area contributed by atoms with Gasteiger partial charge in [-0.1, -0.05) is 29.8 Å². The van der Waals surface area contributed by atoms with Gasteiger partial charge in [0.2, 0.25) is 0 Å². The molecule has 0 saturated carbocycles. The summed E-state index contributed by atoms with van der Waals surface area (Å²) in [6.07, 6.45) is 0. The standard InChI is InChI=1S/C20H21ClN2O5/c1-3-27-17-7-5-4-6-15(17)20(26)22-11-19(25)28-12-18(24)23-16-10-14(21)9-8-13(16)2/h4-10H,3,11-12H2,1-2H3,(H,22,26)(H,23,24). The van der Waals surface area contributed by atoms with Gasteiger partial charge in [-0.2, -0.15) is 0 Å². The van der Waals surface area contributed by atoms with Crippen molar-refractivity contribution in [1.29, 1.82) is 0 Å². The SMILES string of the molecule is CCOc1ccccc1C(=O)NCC(=O)OCC(=O)Nc1cc(Cl)ccc1C. The maximum Gasteiger partial charge on any atom is 0.325 e. The fraction of sp³-hybridized carbons (Fsp3) is 0.250. The second-order valence-corrected chi connectivity index (χ2v) is 6.22. The zero-order valence-corrected chi connectivity index (χ0v) is 16.3. The fourth-order valence-electron chi connectivity index (χ4n) is 2.30. The van der Waals surface area contributed by atoms with E-state index in [4.69, 9.17) is 21.1 Å². The van der Waals surface area contributed by atoms with Crippen molar-refractivity contribution in [3.63, 3.8) is 0 Å². The van der Waals surface area contributed by atoms with E-state index in [1.54, 1.807) is 42.5 Å². The third kappa shape index (κ3) is 6.28. The fourth-order valence-corrected chi connectivity index (χ4v) is 2.47. The second-order valence-electron chi connectivity index (χ2n) is 5.78. The van der Waals surface area contributed by atoms with Crippen LogP contribution in [0.3, 0.4) is 0 Å². The van der Waals surface area contributed by atoms with Gasteiger partial charge in [0, 0.05) is 10.7 Å². The summed E-state index contributed by atoms with van der Waals surface area (Å²) in [5.41, 5.74) is 1.67. The maximum absolute atomic E-state index is 12.2. The number of rotatable bonds is 8. The Balaban J connectivity index is 1.80. The van der Waals surface area contributed by atoms with Crippen LogP contribution in [-0.4, -0.2) is 37.5 Å². The molecule has 0 aliphatic carbocycles. The molecule has 2 rings (SSSR count). The van der Waals surface area contributed by atoms with Gasteiger partial charge >= 0.3 is 5.97 Å². The van der Waals surface area contributed by atoms with Crippen molar-refractivity contribution in [3.8, 4) is 5.75 Å². The van der Waals surface area contributed by atoms with Crippen molar-refractivity contribution in [1.82, 2.24) is 5.32 Å². The number of hydrogen-bond acceptors (Lipinski definition) is 5. The molecule has 2 N–H and O–H groups in total. The highest BCUT2D eigenvalue weighted by molar-refractivity contribution is 6.31. The van der Waals surface area contributed by atoms with Gasteiger partial charge in [-0.3, -0.25) is 14.4 Å². The summed E-state index contributed by atoms with van der Waals surface area (Å²) in [7, 11) is 0. The molecule has 0 fully saturated rings. The van der Waals surface area contributed by atoms with Crippen LogP contribution in [0, 0.1) is 6.92 Å². The highest BCUT2D eigenvalue weighted by Crippen LogP contribution is 2.20. The molecule has 7 nitrogen and oxygen atoms in total. The van der Waals surface area contributed by atoms with E-state index in [2.05, 4.69) is 10.6 Å². The lowest BCUT2D eigenvalue weighted by atomic mass is 10.2. The van der Waals surface area contributed by atoms with Gasteiger partial charge in [0.1, 0.15) is 12.3 Å². The molecular weight excluding hydrogens is 384 g/mol. The van der Waals surface area contributed by atoms with E-state index in [1.165, 1.54) is 0 Å². The van der Waals surface area contributed by atoms with Crippen molar-refractivity contribution in [2.45, 2.75) is 13.8 Å². The summed E-state index contributed by atoms with van der Waals surface area (Å²) in [4.78, 5) is 35.9. The zero-order valence-electron chi connectivity index (χ0n) is 15.6. The number of carbonyl (C=O) groups excluding carboxylic acids is 3. The van der Waals surface area contributed by atoms with E-state index in [0.29, 0.717) is 28.6 Å². The Hall–Kier alpha value is -3.06. The van der Waals surface area contributed by atoms with E-state index in [-0.39, 0.29) is 6.54 Å². The first kappa shape index (κ1) is 21.2. The molecule has 0 aliphatic heterocycles. The van der Waals surface area contributed by atoms with E-state index in [0.717, 1.165) is 5.56 Å². The number of carbonyl (C=O) groups is 3. The number of nitrogens with one attached hydrogen (secondary N) is 2. The van der Waals surface area contributed by atoms with E-state index >= 15 is 0 Å². The Kier molecular flexibility index (Phi) is 7.83. The Morgan fingerprint density at radius 3 is 2.61 bits per heavy atom. The lowest BCUT2D eigenvalue weighted by Crippen LogP contribution is -2.32. The van der Waals surface area contributed by atoms with E-state index < -0.39 is 24.4 Å². The Morgan fingerprint density at radius 1 is 1.11 bits per heavy atom. The van der Waals surface area contributed by atoms with E-state index in [9.17, 15) is 14.4 Å². The monoisotopic (exact) mass is 404 g/mol. The molecular formula is C20H21ClN2O5. The molecule has 28 heavy (non-hydrogen) atoms. The van der Waals surface area contributed by atoms with Crippen molar-refractivity contribution < 1.29 is 23.9 Å². The maximum atomic E-state index is 12.2. The summed E-state index contributed by atoms with van der Waals surface area (Å²) < 4.78 is 10.3. The normalized spacial score (nSPS) is 10.1. The molecule has 2 amide bonds. The summed E-state index contributed by atoms with van der Waals surface area (Å²) in [6.45, 7) is 3.18. The lowest BCUT2D eigenvalue weighted by molar-refractivity contribution is -0.146. The molecule has 8 heteroatoms. The highest BCUT2D eigenvalue weighted by atomic mass is 35.5. The Bertz CT molecular complexity index is 869. The summed E-state index contributed by atoms with van der Waals surface area (Å²) >= 11 is 5.89. The molecule has 0 unspecified atom stereocenters. The number of para-hydroxylation sites is 1. The first-order chi connectivity index (χ1) is 13.4. The average Bonchev–Trinajstić information content (AvgIpc) is 2.68. The molecule has 0 bridgehead atoms. The van der Waals surface area contributed by atoms with Crippen molar-refractivity contribution in [3.05, 3.63) is 58.6 Å². The van der Waals surface area contributed by atoms with Gasteiger partial charge in [0.25, 0.3) is 11.8 Å². The van der Waals surface area contributed by atoms with Gasteiger partial charge in [0.15, 0.2) is 6.61 Å². The minimum absolute atomic E-state index is 0.311. The Morgan fingerprint density at radius 2 is 1.86 bits per heavy atom. The van der Waals surface area contributed by atoms with Crippen LogP contribution in [0.25, 0.3) is 0 Å². The minimum Gasteiger partial charge on any atom is -0.493 e. The molecule has 148 valence electrons. The van der Waals surface area contributed by atoms with Gasteiger partial charge < -0.3 is 20.1 Å². The summed E-state index contributed by atoms with van der Waals surface area (Å²) in [6, 6.07) is 11.8.